The van der Waals surface area contributed by atoms with Crippen LogP contribution >= 0.6 is 11.6 Å². The molecule has 8 heteroatoms. The first-order chi connectivity index (χ1) is 11.9. The van der Waals surface area contributed by atoms with E-state index in [0.717, 1.165) is 32.2 Å². The average molecular weight is 364 g/mol. The van der Waals surface area contributed by atoms with Gasteiger partial charge in [-0.2, -0.15) is 0 Å². The van der Waals surface area contributed by atoms with Crippen LogP contribution in [0.15, 0.2) is 24.4 Å². The maximum atomic E-state index is 13.1. The monoisotopic (exact) mass is 363 g/mol. The Kier molecular flexibility index (Phi) is 5.15. The SMILES string of the molecule is Cc1nc(N2CCN(C)CC2)ncc1C(=O)Nc1ccc(F)cc1Cl. The van der Waals surface area contributed by atoms with Crippen molar-refractivity contribution in [3.8, 4) is 0 Å². The second kappa shape index (κ2) is 7.33. The van der Waals surface area contributed by atoms with Crippen LogP contribution in [0, 0.1) is 12.7 Å². The maximum Gasteiger partial charge on any atom is 0.259 e. The number of anilines is 2. The third kappa shape index (κ3) is 4.05. The highest BCUT2D eigenvalue weighted by Gasteiger charge is 2.19. The zero-order valence-corrected chi connectivity index (χ0v) is 14.8. The first-order valence-electron chi connectivity index (χ1n) is 7.97. The molecule has 1 saturated heterocycles. The Bertz CT molecular complexity index is 793. The van der Waals surface area contributed by atoms with E-state index in [4.69, 9.17) is 11.6 Å². The molecule has 0 aliphatic carbocycles. The summed E-state index contributed by atoms with van der Waals surface area (Å²) in [4.78, 5) is 25.6. The number of carbonyl (C=O) groups excluding carboxylic acids is 1. The van der Waals surface area contributed by atoms with Crippen LogP contribution in [0.5, 0.6) is 0 Å². The van der Waals surface area contributed by atoms with Crippen molar-refractivity contribution < 1.29 is 9.18 Å². The fourth-order valence-electron chi connectivity index (χ4n) is 2.62. The molecule has 3 rings (SSSR count). The van der Waals surface area contributed by atoms with E-state index < -0.39 is 5.82 Å². The predicted octanol–water partition coefficient (Wildman–Crippen LogP) is 2.58. The highest BCUT2D eigenvalue weighted by molar-refractivity contribution is 6.33. The van der Waals surface area contributed by atoms with Crippen LogP contribution in [0.25, 0.3) is 0 Å². The van der Waals surface area contributed by atoms with Crippen LogP contribution in [0.2, 0.25) is 5.02 Å². The fourth-order valence-corrected chi connectivity index (χ4v) is 2.83. The lowest BCUT2D eigenvalue weighted by atomic mass is 10.2. The molecule has 1 amide bonds. The summed E-state index contributed by atoms with van der Waals surface area (Å²) in [5.74, 6) is -0.211. The van der Waals surface area contributed by atoms with Crippen molar-refractivity contribution in [3.05, 3.63) is 46.5 Å². The van der Waals surface area contributed by atoms with E-state index >= 15 is 0 Å². The largest absolute Gasteiger partial charge is 0.338 e. The van der Waals surface area contributed by atoms with Crippen molar-refractivity contribution in [1.29, 1.82) is 0 Å². The summed E-state index contributed by atoms with van der Waals surface area (Å²) < 4.78 is 13.1. The van der Waals surface area contributed by atoms with Gasteiger partial charge in [0.1, 0.15) is 5.82 Å². The number of aryl methyl sites for hydroxylation is 1. The minimum absolute atomic E-state index is 0.140. The van der Waals surface area contributed by atoms with Crippen LogP contribution in [-0.4, -0.2) is 54.0 Å². The Morgan fingerprint density at radius 1 is 1.28 bits per heavy atom. The zero-order chi connectivity index (χ0) is 18.0. The minimum atomic E-state index is -0.459. The smallest absolute Gasteiger partial charge is 0.259 e. The molecule has 0 spiro atoms. The molecule has 0 unspecified atom stereocenters. The van der Waals surface area contributed by atoms with Gasteiger partial charge in [-0.05, 0) is 32.2 Å². The lowest BCUT2D eigenvalue weighted by Gasteiger charge is -2.32. The number of rotatable bonds is 3. The number of amides is 1. The normalized spacial score (nSPS) is 15.3. The predicted molar refractivity (Wildman–Crippen MR) is 95.8 cm³/mol. The van der Waals surface area contributed by atoms with Crippen LogP contribution in [0.1, 0.15) is 16.1 Å². The Morgan fingerprint density at radius 2 is 2.00 bits per heavy atom. The number of likely N-dealkylation sites (N-methyl/N-ethyl adjacent to an activating group) is 1. The zero-order valence-electron chi connectivity index (χ0n) is 14.1. The van der Waals surface area contributed by atoms with E-state index in [1.165, 1.54) is 18.3 Å². The first kappa shape index (κ1) is 17.6. The summed E-state index contributed by atoms with van der Waals surface area (Å²) in [6.07, 6.45) is 1.52. The van der Waals surface area contributed by atoms with Gasteiger partial charge in [0.25, 0.3) is 5.91 Å². The molecule has 1 aromatic heterocycles. The summed E-state index contributed by atoms with van der Waals surface area (Å²) in [6, 6.07) is 3.81. The van der Waals surface area contributed by atoms with Crippen molar-refractivity contribution in [2.75, 3.05) is 43.4 Å². The molecule has 1 aliphatic rings. The van der Waals surface area contributed by atoms with Gasteiger partial charge in [-0.3, -0.25) is 4.79 Å². The molecule has 0 bridgehead atoms. The number of nitrogens with one attached hydrogen (secondary N) is 1. The van der Waals surface area contributed by atoms with Gasteiger partial charge in [-0.15, -0.1) is 0 Å². The van der Waals surface area contributed by atoms with E-state index in [1.54, 1.807) is 6.92 Å². The van der Waals surface area contributed by atoms with E-state index in [0.29, 0.717) is 22.9 Å². The third-order valence-electron chi connectivity index (χ3n) is 4.18. The Balaban J connectivity index is 1.75. The molecule has 1 aromatic carbocycles. The highest BCUT2D eigenvalue weighted by atomic mass is 35.5. The van der Waals surface area contributed by atoms with Gasteiger partial charge in [-0.25, -0.2) is 14.4 Å². The van der Waals surface area contributed by atoms with Crippen molar-refractivity contribution in [3.63, 3.8) is 0 Å². The van der Waals surface area contributed by atoms with Gasteiger partial charge < -0.3 is 15.1 Å². The quantitative estimate of drug-likeness (QED) is 0.908. The van der Waals surface area contributed by atoms with Crippen molar-refractivity contribution in [2.24, 2.45) is 0 Å². The number of halogens is 2. The molecule has 0 saturated carbocycles. The van der Waals surface area contributed by atoms with Gasteiger partial charge in [0, 0.05) is 32.4 Å². The number of nitrogens with zero attached hydrogens (tertiary/aromatic N) is 4. The number of hydrogen-bond donors (Lipinski definition) is 1. The molecule has 132 valence electrons. The van der Waals surface area contributed by atoms with Gasteiger partial charge >= 0.3 is 0 Å². The minimum Gasteiger partial charge on any atom is -0.338 e. The Labute approximate surface area is 150 Å². The van der Waals surface area contributed by atoms with Crippen molar-refractivity contribution >= 4 is 29.1 Å². The number of piperazine rings is 1. The second-order valence-corrected chi connectivity index (χ2v) is 6.44. The van der Waals surface area contributed by atoms with E-state index in [1.807, 2.05) is 0 Å². The summed E-state index contributed by atoms with van der Waals surface area (Å²) in [5.41, 5.74) is 1.29. The van der Waals surface area contributed by atoms with Crippen LogP contribution < -0.4 is 10.2 Å². The van der Waals surface area contributed by atoms with Crippen LogP contribution in [0.3, 0.4) is 0 Å². The molecule has 1 aliphatic heterocycles. The fraction of sp³-hybridized carbons (Fsp3) is 0.353. The molecule has 0 atom stereocenters. The lowest BCUT2D eigenvalue weighted by molar-refractivity contribution is 0.102. The number of carbonyl (C=O) groups is 1. The topological polar surface area (TPSA) is 61.4 Å². The first-order valence-corrected chi connectivity index (χ1v) is 8.35. The molecule has 1 N–H and O–H groups in total. The summed E-state index contributed by atoms with van der Waals surface area (Å²) >= 11 is 5.94. The van der Waals surface area contributed by atoms with Gasteiger partial charge in [-0.1, -0.05) is 11.6 Å². The molecule has 0 radical (unpaired) electrons. The highest BCUT2D eigenvalue weighted by Crippen LogP contribution is 2.23. The molecular weight excluding hydrogens is 345 g/mol. The number of aromatic nitrogens is 2. The summed E-state index contributed by atoms with van der Waals surface area (Å²) in [7, 11) is 2.08. The maximum absolute atomic E-state index is 13.1. The molecule has 25 heavy (non-hydrogen) atoms. The molecule has 1 fully saturated rings. The van der Waals surface area contributed by atoms with Gasteiger partial charge in [0.05, 0.1) is 22.0 Å². The summed E-state index contributed by atoms with van der Waals surface area (Å²) in [6.45, 7) is 5.38. The molecular formula is C17H19ClFN5O. The van der Waals surface area contributed by atoms with E-state index in [2.05, 4.69) is 32.1 Å². The lowest BCUT2D eigenvalue weighted by Crippen LogP contribution is -2.45. The number of benzene rings is 1. The number of hydrogen-bond acceptors (Lipinski definition) is 5. The van der Waals surface area contributed by atoms with Crippen LogP contribution in [-0.2, 0) is 0 Å². The van der Waals surface area contributed by atoms with Crippen molar-refractivity contribution in [2.45, 2.75) is 6.92 Å². The molecule has 2 aromatic rings. The van der Waals surface area contributed by atoms with Crippen LogP contribution in [0.4, 0.5) is 16.0 Å². The van der Waals surface area contributed by atoms with E-state index in [-0.39, 0.29) is 10.9 Å². The third-order valence-corrected chi connectivity index (χ3v) is 4.49. The Hall–Kier alpha value is -2.25. The molecule has 6 nitrogen and oxygen atoms in total. The van der Waals surface area contributed by atoms with Crippen molar-refractivity contribution in [1.82, 2.24) is 14.9 Å². The average Bonchev–Trinajstić information content (AvgIpc) is 2.58. The Morgan fingerprint density at radius 3 is 2.64 bits per heavy atom. The van der Waals surface area contributed by atoms with Gasteiger partial charge in [0.2, 0.25) is 5.95 Å². The van der Waals surface area contributed by atoms with Gasteiger partial charge in [0.15, 0.2) is 0 Å². The van der Waals surface area contributed by atoms with E-state index in [9.17, 15) is 9.18 Å². The standard InChI is InChI=1S/C17H19ClFN5O/c1-11-13(16(25)22-15-4-3-12(19)9-14(15)18)10-20-17(21-11)24-7-5-23(2)6-8-24/h3-4,9-10H,5-8H2,1-2H3,(H,22,25). The summed E-state index contributed by atoms with van der Waals surface area (Å²) in [5, 5.41) is 2.80. The second-order valence-electron chi connectivity index (χ2n) is 6.04. The molecule has 2 heterocycles.